The Bertz CT molecular complexity index is 265. The molecule has 0 amide bonds. The molecule has 0 N–H and O–H groups in total. The lowest BCUT2D eigenvalue weighted by molar-refractivity contribution is -0.152. The molecule has 0 unspecified atom stereocenters. The number of nitrogens with zero attached hydrogens (tertiary/aromatic N) is 1. The third-order valence-corrected chi connectivity index (χ3v) is 3.31. The molecule has 0 fully saturated rings. The van der Waals surface area contributed by atoms with E-state index in [1.165, 1.54) is 6.92 Å². The molecule has 0 saturated heterocycles. The molecular formula is C14H27NO2. The molecular weight excluding hydrogens is 214 g/mol. The molecule has 0 spiro atoms. The fourth-order valence-corrected chi connectivity index (χ4v) is 1.53. The van der Waals surface area contributed by atoms with Gasteiger partial charge in [-0.15, -0.1) is 0 Å². The lowest BCUT2D eigenvalue weighted by atomic mass is 9.82. The molecule has 0 aromatic heterocycles. The van der Waals surface area contributed by atoms with Crippen LogP contribution in [0.15, 0.2) is 4.99 Å². The van der Waals surface area contributed by atoms with E-state index >= 15 is 0 Å². The topological polar surface area (TPSA) is 38.7 Å². The summed E-state index contributed by atoms with van der Waals surface area (Å²) in [6.07, 6.45) is 5.26. The number of aliphatic imine (C=N–C) groups is 1. The van der Waals surface area contributed by atoms with Crippen molar-refractivity contribution in [1.82, 2.24) is 0 Å². The van der Waals surface area contributed by atoms with Gasteiger partial charge >= 0.3 is 5.97 Å². The van der Waals surface area contributed by atoms with E-state index in [1.807, 2.05) is 20.1 Å². The summed E-state index contributed by atoms with van der Waals surface area (Å²) in [5.74, 6) is -0.253. The van der Waals surface area contributed by atoms with Crippen LogP contribution in [0.3, 0.4) is 0 Å². The quantitative estimate of drug-likeness (QED) is 0.504. The summed E-state index contributed by atoms with van der Waals surface area (Å²) in [4.78, 5) is 15.2. The van der Waals surface area contributed by atoms with Crippen molar-refractivity contribution in [3.05, 3.63) is 0 Å². The zero-order valence-electron chi connectivity index (χ0n) is 12.2. The van der Waals surface area contributed by atoms with Crippen molar-refractivity contribution in [2.45, 2.75) is 66.4 Å². The number of hydrogen-bond donors (Lipinski definition) is 0. The number of carbonyl (C=O) groups is 1. The van der Waals surface area contributed by atoms with Crippen LogP contribution < -0.4 is 0 Å². The first-order chi connectivity index (χ1) is 7.74. The molecule has 100 valence electrons. The number of rotatable bonds is 7. The smallest absolute Gasteiger partial charge is 0.303 e. The predicted octanol–water partition coefficient (Wildman–Crippen LogP) is 3.62. The van der Waals surface area contributed by atoms with Crippen LogP contribution in [-0.4, -0.2) is 24.3 Å². The maximum absolute atomic E-state index is 10.9. The summed E-state index contributed by atoms with van der Waals surface area (Å²) >= 11 is 0. The van der Waals surface area contributed by atoms with E-state index in [2.05, 4.69) is 25.8 Å². The zero-order valence-corrected chi connectivity index (χ0v) is 12.2. The fourth-order valence-electron chi connectivity index (χ4n) is 1.53. The van der Waals surface area contributed by atoms with Crippen molar-refractivity contribution >= 4 is 12.2 Å². The van der Waals surface area contributed by atoms with Gasteiger partial charge in [0.2, 0.25) is 0 Å². The molecule has 0 radical (unpaired) electrons. The maximum atomic E-state index is 10.9. The highest BCUT2D eigenvalue weighted by atomic mass is 16.6. The largest absolute Gasteiger partial charge is 0.458 e. The predicted molar refractivity (Wildman–Crippen MR) is 72.5 cm³/mol. The Hall–Kier alpha value is -0.860. The van der Waals surface area contributed by atoms with E-state index in [1.54, 1.807) is 0 Å². The van der Waals surface area contributed by atoms with Crippen LogP contribution in [0.5, 0.6) is 0 Å². The normalized spacial score (nSPS) is 13.1. The molecule has 0 aliphatic heterocycles. The second-order valence-electron chi connectivity index (χ2n) is 5.60. The highest BCUT2D eigenvalue weighted by molar-refractivity contribution is 5.66. The van der Waals surface area contributed by atoms with Crippen LogP contribution >= 0.6 is 0 Å². The molecule has 0 saturated carbocycles. The van der Waals surface area contributed by atoms with Gasteiger partial charge in [-0.05, 0) is 31.9 Å². The lowest BCUT2D eigenvalue weighted by Crippen LogP contribution is -2.30. The molecule has 3 heteroatoms. The van der Waals surface area contributed by atoms with Crippen molar-refractivity contribution < 1.29 is 9.53 Å². The zero-order chi connectivity index (χ0) is 13.5. The van der Waals surface area contributed by atoms with Gasteiger partial charge in [-0.2, -0.15) is 0 Å². The number of hydrogen-bond acceptors (Lipinski definition) is 3. The van der Waals surface area contributed by atoms with Gasteiger partial charge in [-0.1, -0.05) is 33.6 Å². The summed E-state index contributed by atoms with van der Waals surface area (Å²) in [7, 11) is 0. The van der Waals surface area contributed by atoms with E-state index < -0.39 is 5.60 Å². The van der Waals surface area contributed by atoms with Gasteiger partial charge < -0.3 is 4.74 Å². The Morgan fingerprint density at radius 3 is 2.18 bits per heavy atom. The van der Waals surface area contributed by atoms with Crippen LogP contribution in [0, 0.1) is 5.41 Å². The average molecular weight is 241 g/mol. The van der Waals surface area contributed by atoms with Gasteiger partial charge in [-0.3, -0.25) is 9.79 Å². The monoisotopic (exact) mass is 241 g/mol. The molecule has 0 aromatic rings. The van der Waals surface area contributed by atoms with E-state index in [0.717, 1.165) is 19.3 Å². The van der Waals surface area contributed by atoms with Crippen molar-refractivity contribution in [1.29, 1.82) is 0 Å². The molecule has 0 aromatic carbocycles. The van der Waals surface area contributed by atoms with Crippen LogP contribution in [0.4, 0.5) is 0 Å². The summed E-state index contributed by atoms with van der Waals surface area (Å²) in [6.45, 7) is 12.4. The van der Waals surface area contributed by atoms with Crippen molar-refractivity contribution in [3.63, 3.8) is 0 Å². The summed E-state index contributed by atoms with van der Waals surface area (Å²) in [5, 5.41) is 0. The Kier molecular flexibility index (Phi) is 6.43. The minimum atomic E-state index is -0.503. The fraction of sp³-hybridized carbons (Fsp3) is 0.857. The van der Waals surface area contributed by atoms with Crippen molar-refractivity contribution in [2.75, 3.05) is 6.54 Å². The summed E-state index contributed by atoms with van der Waals surface area (Å²) < 4.78 is 5.17. The van der Waals surface area contributed by atoms with Gasteiger partial charge in [0, 0.05) is 6.92 Å². The molecule has 0 aliphatic rings. The molecule has 0 heterocycles. The van der Waals surface area contributed by atoms with E-state index in [9.17, 15) is 4.79 Å². The first-order valence-electron chi connectivity index (χ1n) is 6.42. The lowest BCUT2D eigenvalue weighted by Gasteiger charge is -2.25. The highest BCUT2D eigenvalue weighted by Gasteiger charge is 2.21. The van der Waals surface area contributed by atoms with Gasteiger partial charge in [0.25, 0.3) is 0 Å². The Labute approximate surface area is 106 Å². The Balaban J connectivity index is 4.15. The number of ether oxygens (including phenoxy) is 1. The van der Waals surface area contributed by atoms with Gasteiger partial charge in [-0.25, -0.2) is 0 Å². The van der Waals surface area contributed by atoms with Crippen LogP contribution in [0.25, 0.3) is 0 Å². The first-order valence-corrected chi connectivity index (χ1v) is 6.42. The Morgan fingerprint density at radius 2 is 1.76 bits per heavy atom. The summed E-state index contributed by atoms with van der Waals surface area (Å²) in [6, 6.07) is 0. The minimum absolute atomic E-state index is 0.253. The van der Waals surface area contributed by atoms with Crippen LogP contribution in [-0.2, 0) is 9.53 Å². The summed E-state index contributed by atoms with van der Waals surface area (Å²) in [5.41, 5.74) is -0.160. The molecule has 0 rings (SSSR count). The number of esters is 1. The minimum Gasteiger partial charge on any atom is -0.458 e. The SMILES string of the molecule is CCC(C)(CC)CC=NCC(C)(C)OC(C)=O. The van der Waals surface area contributed by atoms with E-state index in [0.29, 0.717) is 12.0 Å². The van der Waals surface area contributed by atoms with Crippen LogP contribution in [0.2, 0.25) is 0 Å². The van der Waals surface area contributed by atoms with Gasteiger partial charge in [0.1, 0.15) is 5.60 Å². The molecule has 3 nitrogen and oxygen atoms in total. The van der Waals surface area contributed by atoms with Crippen molar-refractivity contribution in [3.8, 4) is 0 Å². The third kappa shape index (κ3) is 7.14. The molecule has 17 heavy (non-hydrogen) atoms. The Morgan fingerprint density at radius 1 is 1.24 bits per heavy atom. The third-order valence-electron chi connectivity index (χ3n) is 3.31. The number of carbonyl (C=O) groups excluding carboxylic acids is 1. The van der Waals surface area contributed by atoms with Gasteiger partial charge in [0.15, 0.2) is 0 Å². The van der Waals surface area contributed by atoms with Gasteiger partial charge in [0.05, 0.1) is 6.54 Å². The van der Waals surface area contributed by atoms with Crippen molar-refractivity contribution in [2.24, 2.45) is 10.4 Å². The first kappa shape index (κ1) is 16.1. The second-order valence-corrected chi connectivity index (χ2v) is 5.60. The molecule has 0 aliphatic carbocycles. The standard InChI is InChI=1S/C14H27NO2/c1-7-14(6,8-2)9-10-15-11-13(4,5)17-12(3)16/h10H,7-9,11H2,1-6H3. The highest BCUT2D eigenvalue weighted by Crippen LogP contribution is 2.28. The van der Waals surface area contributed by atoms with E-state index in [-0.39, 0.29) is 5.97 Å². The van der Waals surface area contributed by atoms with Crippen LogP contribution in [0.1, 0.15) is 60.8 Å². The van der Waals surface area contributed by atoms with E-state index in [4.69, 9.17) is 4.74 Å². The second kappa shape index (κ2) is 6.77. The maximum Gasteiger partial charge on any atom is 0.303 e. The average Bonchev–Trinajstić information content (AvgIpc) is 2.22. The molecule has 0 bridgehead atoms. The molecule has 0 atom stereocenters.